The Labute approximate surface area is 132 Å². The van der Waals surface area contributed by atoms with Gasteiger partial charge in [-0.2, -0.15) is 13.5 Å². The van der Waals surface area contributed by atoms with Crippen LogP contribution in [-0.2, 0) is 16.6 Å². The van der Waals surface area contributed by atoms with Gasteiger partial charge in [-0.1, -0.05) is 12.1 Å². The standard InChI is InChI=1S/C13H17BrN4O2S/c1-8-5-4-6-11(12(8)14)18-21(19,20)13-10(7-15-3)9(2)16-17-13/h4-6,15,18H,7H2,1-3H3,(H,16,17). The van der Waals surface area contributed by atoms with E-state index in [9.17, 15) is 8.42 Å². The van der Waals surface area contributed by atoms with Crippen LogP contribution in [0.4, 0.5) is 5.69 Å². The van der Waals surface area contributed by atoms with Gasteiger partial charge in [0.1, 0.15) is 0 Å². The molecular weight excluding hydrogens is 356 g/mol. The highest BCUT2D eigenvalue weighted by Crippen LogP contribution is 2.28. The Kier molecular flexibility index (Phi) is 4.70. The molecule has 114 valence electrons. The lowest BCUT2D eigenvalue weighted by Crippen LogP contribution is -2.17. The van der Waals surface area contributed by atoms with E-state index < -0.39 is 10.0 Å². The van der Waals surface area contributed by atoms with Gasteiger partial charge in [0.15, 0.2) is 0 Å². The Morgan fingerprint density at radius 3 is 2.71 bits per heavy atom. The van der Waals surface area contributed by atoms with Crippen molar-refractivity contribution in [2.24, 2.45) is 0 Å². The molecule has 0 aliphatic rings. The molecule has 0 aliphatic carbocycles. The Bertz CT molecular complexity index is 756. The van der Waals surface area contributed by atoms with E-state index in [1.54, 1.807) is 26.1 Å². The summed E-state index contributed by atoms with van der Waals surface area (Å²) in [6.07, 6.45) is 0. The second-order valence-corrected chi connectivity index (χ2v) is 7.10. The quantitative estimate of drug-likeness (QED) is 0.751. The van der Waals surface area contributed by atoms with E-state index in [0.29, 0.717) is 17.8 Å². The summed E-state index contributed by atoms with van der Waals surface area (Å²) < 4.78 is 28.4. The average molecular weight is 373 g/mol. The minimum atomic E-state index is -3.75. The van der Waals surface area contributed by atoms with Crippen LogP contribution in [0.25, 0.3) is 0 Å². The van der Waals surface area contributed by atoms with Gasteiger partial charge in [-0.3, -0.25) is 9.82 Å². The van der Waals surface area contributed by atoms with Gasteiger partial charge in [0, 0.05) is 22.3 Å². The van der Waals surface area contributed by atoms with Crippen LogP contribution in [-0.4, -0.2) is 25.7 Å². The van der Waals surface area contributed by atoms with Crippen molar-refractivity contribution in [2.75, 3.05) is 11.8 Å². The van der Waals surface area contributed by atoms with Gasteiger partial charge in [0.25, 0.3) is 10.0 Å². The number of nitrogens with one attached hydrogen (secondary N) is 3. The molecule has 1 aromatic carbocycles. The number of rotatable bonds is 5. The number of sulfonamides is 1. The molecule has 2 aromatic rings. The number of aromatic nitrogens is 2. The van der Waals surface area contributed by atoms with Crippen LogP contribution in [0.15, 0.2) is 27.7 Å². The third kappa shape index (κ3) is 3.28. The number of hydrogen-bond acceptors (Lipinski definition) is 4. The maximum atomic E-state index is 12.5. The zero-order valence-corrected chi connectivity index (χ0v) is 14.4. The first-order valence-electron chi connectivity index (χ1n) is 6.33. The molecule has 6 nitrogen and oxygen atoms in total. The van der Waals surface area contributed by atoms with E-state index in [1.165, 1.54) is 0 Å². The highest BCUT2D eigenvalue weighted by Gasteiger charge is 2.24. The first kappa shape index (κ1) is 16.0. The van der Waals surface area contributed by atoms with Crippen LogP contribution in [0, 0.1) is 13.8 Å². The topological polar surface area (TPSA) is 86.9 Å². The molecule has 1 heterocycles. The third-order valence-electron chi connectivity index (χ3n) is 3.08. The number of benzene rings is 1. The fourth-order valence-corrected chi connectivity index (χ4v) is 3.72. The van der Waals surface area contributed by atoms with Gasteiger partial charge in [-0.25, -0.2) is 0 Å². The minimum Gasteiger partial charge on any atom is -0.316 e. The lowest BCUT2D eigenvalue weighted by Gasteiger charge is -2.11. The number of nitrogens with zero attached hydrogens (tertiary/aromatic N) is 1. The summed E-state index contributed by atoms with van der Waals surface area (Å²) >= 11 is 3.39. The Morgan fingerprint density at radius 1 is 1.33 bits per heavy atom. The van der Waals surface area contributed by atoms with Crippen LogP contribution in [0.1, 0.15) is 16.8 Å². The van der Waals surface area contributed by atoms with Crippen LogP contribution < -0.4 is 10.0 Å². The van der Waals surface area contributed by atoms with E-state index >= 15 is 0 Å². The van der Waals surface area contributed by atoms with Crippen LogP contribution in [0.5, 0.6) is 0 Å². The van der Waals surface area contributed by atoms with Gasteiger partial charge in [-0.05, 0) is 48.5 Å². The van der Waals surface area contributed by atoms with E-state index in [1.807, 2.05) is 13.0 Å². The second kappa shape index (κ2) is 6.17. The van der Waals surface area contributed by atoms with E-state index in [2.05, 4.69) is 36.2 Å². The predicted molar refractivity (Wildman–Crippen MR) is 85.8 cm³/mol. The number of halogens is 1. The lowest BCUT2D eigenvalue weighted by molar-refractivity contribution is 0.595. The average Bonchev–Trinajstić information content (AvgIpc) is 2.78. The van der Waals surface area contributed by atoms with Crippen molar-refractivity contribution in [3.8, 4) is 0 Å². The molecule has 0 fully saturated rings. The molecule has 0 unspecified atom stereocenters. The van der Waals surface area contributed by atoms with Crippen LogP contribution >= 0.6 is 15.9 Å². The minimum absolute atomic E-state index is 0.0164. The summed E-state index contributed by atoms with van der Waals surface area (Å²) in [5.74, 6) is 0. The summed E-state index contributed by atoms with van der Waals surface area (Å²) in [6, 6.07) is 5.39. The molecule has 0 amide bonds. The van der Waals surface area contributed by atoms with Crippen molar-refractivity contribution >= 4 is 31.6 Å². The second-order valence-electron chi connectivity index (χ2n) is 4.70. The molecule has 0 radical (unpaired) electrons. The zero-order chi connectivity index (χ0) is 15.6. The maximum absolute atomic E-state index is 12.5. The first-order valence-corrected chi connectivity index (χ1v) is 8.61. The smallest absolute Gasteiger partial charge is 0.281 e. The Morgan fingerprint density at radius 2 is 2.05 bits per heavy atom. The summed E-state index contributed by atoms with van der Waals surface area (Å²) in [4.78, 5) is 0. The first-order chi connectivity index (χ1) is 9.86. The number of aromatic amines is 1. The van der Waals surface area contributed by atoms with Crippen molar-refractivity contribution in [1.29, 1.82) is 0 Å². The summed E-state index contributed by atoms with van der Waals surface area (Å²) in [6.45, 7) is 4.11. The highest BCUT2D eigenvalue weighted by atomic mass is 79.9. The number of anilines is 1. The lowest BCUT2D eigenvalue weighted by atomic mass is 10.2. The molecule has 21 heavy (non-hydrogen) atoms. The molecule has 2 rings (SSSR count). The van der Waals surface area contributed by atoms with Crippen molar-refractivity contribution in [1.82, 2.24) is 15.5 Å². The maximum Gasteiger partial charge on any atom is 0.281 e. The Balaban J connectivity index is 2.41. The fraction of sp³-hybridized carbons (Fsp3) is 0.308. The van der Waals surface area contributed by atoms with E-state index in [-0.39, 0.29) is 5.03 Å². The highest BCUT2D eigenvalue weighted by molar-refractivity contribution is 9.10. The molecule has 0 bridgehead atoms. The van der Waals surface area contributed by atoms with Crippen LogP contribution in [0.3, 0.4) is 0 Å². The third-order valence-corrected chi connectivity index (χ3v) is 5.47. The van der Waals surface area contributed by atoms with Gasteiger partial charge in [0.05, 0.1) is 5.69 Å². The summed E-state index contributed by atoms with van der Waals surface area (Å²) in [7, 11) is -1.99. The van der Waals surface area contributed by atoms with Crippen molar-refractivity contribution in [2.45, 2.75) is 25.4 Å². The van der Waals surface area contributed by atoms with E-state index in [4.69, 9.17) is 0 Å². The van der Waals surface area contributed by atoms with Gasteiger partial charge < -0.3 is 5.32 Å². The summed E-state index contributed by atoms with van der Waals surface area (Å²) in [5, 5.41) is 9.61. The normalized spacial score (nSPS) is 11.6. The largest absolute Gasteiger partial charge is 0.316 e. The molecule has 0 atom stereocenters. The molecule has 8 heteroatoms. The van der Waals surface area contributed by atoms with Crippen LogP contribution in [0.2, 0.25) is 0 Å². The molecular formula is C13H17BrN4O2S. The fourth-order valence-electron chi connectivity index (χ4n) is 1.96. The number of aryl methyl sites for hydroxylation is 2. The number of H-pyrrole nitrogens is 1. The molecule has 0 spiro atoms. The SMILES string of the molecule is CNCc1c(S(=O)(=O)Nc2cccc(C)c2Br)n[nH]c1C. The number of hydrogen-bond donors (Lipinski definition) is 3. The van der Waals surface area contributed by atoms with Gasteiger partial charge >= 0.3 is 0 Å². The van der Waals surface area contributed by atoms with Gasteiger partial charge in [-0.15, -0.1) is 0 Å². The van der Waals surface area contributed by atoms with E-state index in [0.717, 1.165) is 15.7 Å². The molecule has 3 N–H and O–H groups in total. The molecule has 0 aliphatic heterocycles. The van der Waals surface area contributed by atoms with Crippen molar-refractivity contribution in [3.05, 3.63) is 39.5 Å². The van der Waals surface area contributed by atoms with Crippen molar-refractivity contribution in [3.63, 3.8) is 0 Å². The zero-order valence-electron chi connectivity index (χ0n) is 12.0. The molecule has 1 aromatic heterocycles. The predicted octanol–water partition coefficient (Wildman–Crippen LogP) is 2.31. The monoisotopic (exact) mass is 372 g/mol. The molecule has 0 saturated carbocycles. The Hall–Kier alpha value is -1.38. The summed E-state index contributed by atoms with van der Waals surface area (Å²) in [5.41, 5.74) is 2.80. The van der Waals surface area contributed by atoms with Gasteiger partial charge in [0.2, 0.25) is 5.03 Å². The van der Waals surface area contributed by atoms with Crippen molar-refractivity contribution < 1.29 is 8.42 Å². The molecule has 0 saturated heterocycles.